The summed E-state index contributed by atoms with van der Waals surface area (Å²) < 4.78 is -0.913. The van der Waals surface area contributed by atoms with Gasteiger partial charge in [0.1, 0.15) is 6.04 Å². The van der Waals surface area contributed by atoms with E-state index in [0.29, 0.717) is 13.1 Å². The number of likely N-dealkylation sites (tertiary alicyclic amines) is 1. The van der Waals surface area contributed by atoms with Crippen LogP contribution in [-0.2, 0) is 14.4 Å². The minimum Gasteiger partial charge on any atom is -0.395 e. The minimum absolute atomic E-state index is 0.0390. The maximum atomic E-state index is 14.5. The van der Waals surface area contributed by atoms with E-state index in [1.54, 1.807) is 21.6 Å². The number of thioether (sulfide) groups is 1. The van der Waals surface area contributed by atoms with Crippen LogP contribution in [0.3, 0.4) is 0 Å². The van der Waals surface area contributed by atoms with E-state index in [1.165, 1.54) is 4.90 Å². The number of anilines is 2. The zero-order valence-electron chi connectivity index (χ0n) is 21.8. The van der Waals surface area contributed by atoms with E-state index in [-0.39, 0.29) is 36.1 Å². The summed E-state index contributed by atoms with van der Waals surface area (Å²) in [6, 6.07) is 22.6. The molecule has 4 heterocycles. The van der Waals surface area contributed by atoms with E-state index >= 15 is 0 Å². The lowest BCUT2D eigenvalue weighted by Gasteiger charge is -2.35. The fourth-order valence-electron chi connectivity index (χ4n) is 6.90. The summed E-state index contributed by atoms with van der Waals surface area (Å²) in [4.78, 5) is 47.8. The molecule has 1 unspecified atom stereocenters. The van der Waals surface area contributed by atoms with Crippen molar-refractivity contribution in [1.82, 2.24) is 4.90 Å². The van der Waals surface area contributed by atoms with E-state index in [1.807, 2.05) is 97.1 Å². The highest BCUT2D eigenvalue weighted by Crippen LogP contribution is 2.61. The van der Waals surface area contributed by atoms with E-state index in [0.717, 1.165) is 22.1 Å². The number of fused-ring (bicyclic) bond motifs is 3. The molecular weight excluding hydrogens is 522 g/mol. The Bertz CT molecular complexity index is 1570. The summed E-state index contributed by atoms with van der Waals surface area (Å²) in [6.45, 7) is 0.565. The molecule has 40 heavy (non-hydrogen) atoms. The first-order valence-electron chi connectivity index (χ1n) is 13.6. The fourth-order valence-corrected chi connectivity index (χ4v) is 8.91. The third-order valence-electron chi connectivity index (χ3n) is 8.61. The number of aliphatic hydroxyl groups excluding tert-OH is 1. The quantitative estimate of drug-likeness (QED) is 0.501. The van der Waals surface area contributed by atoms with Gasteiger partial charge < -0.3 is 19.8 Å². The van der Waals surface area contributed by atoms with Crippen LogP contribution in [0, 0.1) is 11.8 Å². The van der Waals surface area contributed by atoms with Crippen molar-refractivity contribution in [2.45, 2.75) is 16.0 Å². The third-order valence-corrected chi connectivity index (χ3v) is 10.4. The predicted octanol–water partition coefficient (Wildman–Crippen LogP) is 3.64. The summed E-state index contributed by atoms with van der Waals surface area (Å²) in [5.74, 6) is -1.87. The molecule has 0 radical (unpaired) electrons. The number of carbonyl (C=O) groups excluding carboxylic acids is 3. The minimum atomic E-state index is -0.913. The number of carbonyl (C=O) groups is 3. The molecule has 0 aromatic heterocycles. The van der Waals surface area contributed by atoms with Gasteiger partial charge in [-0.25, -0.2) is 0 Å². The molecule has 2 fully saturated rings. The molecule has 3 aromatic carbocycles. The summed E-state index contributed by atoms with van der Waals surface area (Å²) in [5, 5.41) is 11.8. The van der Waals surface area contributed by atoms with Crippen molar-refractivity contribution >= 4 is 51.6 Å². The summed E-state index contributed by atoms with van der Waals surface area (Å²) in [5.41, 5.74) is 1.54. The van der Waals surface area contributed by atoms with Gasteiger partial charge in [0.25, 0.3) is 5.91 Å². The average Bonchev–Trinajstić information content (AvgIpc) is 3.28. The van der Waals surface area contributed by atoms with Gasteiger partial charge in [0.15, 0.2) is 0 Å². The Kier molecular flexibility index (Phi) is 6.05. The number of hydrogen-bond acceptors (Lipinski definition) is 5. The highest BCUT2D eigenvalue weighted by atomic mass is 32.2. The normalized spacial score (nSPS) is 29.4. The van der Waals surface area contributed by atoms with Gasteiger partial charge in [-0.3, -0.25) is 14.4 Å². The van der Waals surface area contributed by atoms with Crippen molar-refractivity contribution < 1.29 is 19.5 Å². The number of rotatable bonds is 4. The molecule has 3 aromatic rings. The summed E-state index contributed by atoms with van der Waals surface area (Å²) >= 11 is 1.55. The van der Waals surface area contributed by atoms with Crippen LogP contribution in [-0.4, -0.2) is 70.0 Å². The maximum Gasteiger partial charge on any atom is 0.251 e. The maximum absolute atomic E-state index is 14.5. The number of para-hydroxylation sites is 1. The van der Waals surface area contributed by atoms with Crippen molar-refractivity contribution in [3.63, 3.8) is 0 Å². The monoisotopic (exact) mass is 551 g/mol. The molecule has 1 N–H and O–H groups in total. The van der Waals surface area contributed by atoms with Gasteiger partial charge in [-0.05, 0) is 35.0 Å². The van der Waals surface area contributed by atoms with Crippen molar-refractivity contribution in [1.29, 1.82) is 0 Å². The molecule has 0 bridgehead atoms. The standard InChI is InChI=1S/C32H29N3O4S/c36-19-18-35-28-31(39)34(24-14-13-21-8-4-5-9-22(21)20-24)17-7-15-32(28)27(30(35)38)26-25(40-32)12-6-16-33(29(26)37)23-10-2-1-3-11-23/h1-15,20,25-28,36H,16-19H2/t25-,26+,27+,28?,32+/m1/s1. The highest BCUT2D eigenvalue weighted by Gasteiger charge is 2.71. The second-order valence-corrected chi connectivity index (χ2v) is 12.2. The average molecular weight is 552 g/mol. The van der Waals surface area contributed by atoms with Crippen molar-refractivity contribution in [2.24, 2.45) is 11.8 Å². The number of hydrogen-bond donors (Lipinski definition) is 1. The van der Waals surface area contributed by atoms with Gasteiger partial charge >= 0.3 is 0 Å². The Labute approximate surface area is 236 Å². The molecule has 7 nitrogen and oxygen atoms in total. The Morgan fingerprint density at radius 3 is 2.33 bits per heavy atom. The molecule has 5 atom stereocenters. The molecule has 2 saturated heterocycles. The lowest BCUT2D eigenvalue weighted by molar-refractivity contribution is -0.139. The van der Waals surface area contributed by atoms with E-state index < -0.39 is 22.6 Å². The van der Waals surface area contributed by atoms with Crippen LogP contribution in [0.15, 0.2) is 97.1 Å². The summed E-state index contributed by atoms with van der Waals surface area (Å²) in [7, 11) is 0. The van der Waals surface area contributed by atoms with Crippen molar-refractivity contribution in [3.8, 4) is 0 Å². The van der Waals surface area contributed by atoms with Crippen LogP contribution < -0.4 is 9.80 Å². The van der Waals surface area contributed by atoms with Gasteiger partial charge in [0.05, 0.1) is 23.2 Å². The predicted molar refractivity (Wildman–Crippen MR) is 157 cm³/mol. The van der Waals surface area contributed by atoms with Crippen molar-refractivity contribution in [3.05, 3.63) is 97.1 Å². The summed E-state index contributed by atoms with van der Waals surface area (Å²) in [6.07, 6.45) is 8.00. The van der Waals surface area contributed by atoms with Gasteiger partial charge in [0.2, 0.25) is 11.8 Å². The van der Waals surface area contributed by atoms with Gasteiger partial charge in [0, 0.05) is 36.3 Å². The molecule has 7 rings (SSSR count). The topological polar surface area (TPSA) is 81.2 Å². The number of aliphatic hydroxyl groups is 1. The Hall–Kier alpha value is -3.88. The Balaban J connectivity index is 1.31. The highest BCUT2D eigenvalue weighted by molar-refractivity contribution is 8.02. The first kappa shape index (κ1) is 25.1. The fraction of sp³-hybridized carbons (Fsp3) is 0.281. The van der Waals surface area contributed by atoms with Crippen LogP contribution in [0.5, 0.6) is 0 Å². The molecule has 4 aliphatic rings. The van der Waals surface area contributed by atoms with E-state index in [4.69, 9.17) is 0 Å². The molecular formula is C32H29N3O4S. The zero-order valence-corrected chi connectivity index (χ0v) is 22.6. The molecule has 1 spiro atoms. The Morgan fingerprint density at radius 1 is 0.800 bits per heavy atom. The van der Waals surface area contributed by atoms with E-state index in [9.17, 15) is 19.5 Å². The second-order valence-electron chi connectivity index (χ2n) is 10.7. The SMILES string of the molecule is O=C1C2N(CCO)C(=O)[C@@H]3[C@H]4C(=O)N(c5ccccc5)CC=C[C@H]4S[C@]23C=CCN1c1ccc2ccccc2c1. The third kappa shape index (κ3) is 3.66. The number of nitrogens with zero attached hydrogens (tertiary/aromatic N) is 3. The van der Waals surface area contributed by atoms with Crippen LogP contribution in [0.4, 0.5) is 11.4 Å². The van der Waals surface area contributed by atoms with Gasteiger partial charge in [-0.1, -0.05) is 72.8 Å². The van der Waals surface area contributed by atoms with E-state index in [2.05, 4.69) is 0 Å². The molecule has 3 amide bonds. The first-order valence-corrected chi connectivity index (χ1v) is 14.5. The second kappa shape index (κ2) is 9.64. The van der Waals surface area contributed by atoms with Crippen LogP contribution >= 0.6 is 11.8 Å². The molecule has 4 aliphatic heterocycles. The van der Waals surface area contributed by atoms with Crippen LogP contribution in [0.25, 0.3) is 10.8 Å². The number of benzene rings is 3. The molecule has 0 aliphatic carbocycles. The molecule has 0 saturated carbocycles. The smallest absolute Gasteiger partial charge is 0.251 e. The largest absolute Gasteiger partial charge is 0.395 e. The zero-order chi connectivity index (χ0) is 27.4. The first-order chi connectivity index (χ1) is 19.5. The lowest BCUT2D eigenvalue weighted by Crippen LogP contribution is -2.53. The van der Waals surface area contributed by atoms with Crippen molar-refractivity contribution in [2.75, 3.05) is 36.0 Å². The molecule has 8 heteroatoms. The lowest BCUT2D eigenvalue weighted by atomic mass is 9.78. The number of amides is 3. The Morgan fingerprint density at radius 2 is 1.52 bits per heavy atom. The van der Waals surface area contributed by atoms with Gasteiger partial charge in [-0.2, -0.15) is 0 Å². The van der Waals surface area contributed by atoms with Crippen LogP contribution in [0.1, 0.15) is 0 Å². The van der Waals surface area contributed by atoms with Crippen LogP contribution in [0.2, 0.25) is 0 Å². The number of β-amino-alcohol motifs (C(OH)–C–C–N with tert-alkyl or cyclic N) is 1. The molecule has 202 valence electrons. The van der Waals surface area contributed by atoms with Gasteiger partial charge in [-0.15, -0.1) is 11.8 Å².